The molecule has 0 spiro atoms. The number of amides is 2. The topological polar surface area (TPSA) is 118 Å². The molecule has 0 aromatic heterocycles. The minimum Gasteiger partial charge on any atom is -0.504 e. The summed E-state index contributed by atoms with van der Waals surface area (Å²) in [5, 5.41) is 16.7. The van der Waals surface area contributed by atoms with Gasteiger partial charge in [0.25, 0.3) is 11.8 Å². The van der Waals surface area contributed by atoms with Crippen LogP contribution in [0.5, 0.6) is 23.0 Å². The molecule has 9 nitrogen and oxygen atoms in total. The molecule has 0 aliphatic rings. The highest BCUT2D eigenvalue weighted by Crippen LogP contribution is 2.29. The van der Waals surface area contributed by atoms with Crippen LogP contribution in [0.4, 0.5) is 0 Å². The number of carbonyl (C=O) groups excluding carboxylic acids is 2. The predicted molar refractivity (Wildman–Crippen MR) is 132 cm³/mol. The van der Waals surface area contributed by atoms with Crippen molar-refractivity contribution in [3.8, 4) is 23.0 Å². The second-order valence-electron chi connectivity index (χ2n) is 7.09. The van der Waals surface area contributed by atoms with Gasteiger partial charge < -0.3 is 24.6 Å². The first-order chi connectivity index (χ1) is 17.0. The van der Waals surface area contributed by atoms with Crippen molar-refractivity contribution >= 4 is 24.1 Å². The lowest BCUT2D eigenvalue weighted by Crippen LogP contribution is -2.32. The third-order valence-electron chi connectivity index (χ3n) is 4.87. The summed E-state index contributed by atoms with van der Waals surface area (Å²) in [7, 11) is 4.45. The highest BCUT2D eigenvalue weighted by molar-refractivity contribution is 6.05. The molecule has 3 aromatic carbocycles. The van der Waals surface area contributed by atoms with E-state index >= 15 is 0 Å². The molecule has 0 saturated heterocycles. The number of hydrogen-bond donors (Lipinski definition) is 3. The largest absolute Gasteiger partial charge is 0.504 e. The normalized spacial score (nSPS) is 11.1. The minimum atomic E-state index is -0.678. The van der Waals surface area contributed by atoms with Gasteiger partial charge in [0.15, 0.2) is 23.0 Å². The molecule has 9 heteroatoms. The van der Waals surface area contributed by atoms with Crippen LogP contribution in [0, 0.1) is 0 Å². The number of nitrogens with one attached hydrogen (secondary N) is 2. The summed E-state index contributed by atoms with van der Waals surface area (Å²) in [5.74, 6) is -0.0194. The molecule has 3 aromatic rings. The van der Waals surface area contributed by atoms with Crippen molar-refractivity contribution in [2.45, 2.75) is 0 Å². The number of benzene rings is 3. The molecule has 3 N–H and O–H groups in total. The number of para-hydroxylation sites is 1. The summed E-state index contributed by atoms with van der Waals surface area (Å²) in [6.45, 7) is 0. The van der Waals surface area contributed by atoms with Gasteiger partial charge in [-0.3, -0.25) is 9.59 Å². The maximum atomic E-state index is 12.9. The van der Waals surface area contributed by atoms with Gasteiger partial charge in [-0.15, -0.1) is 0 Å². The zero-order chi connectivity index (χ0) is 25.2. The third-order valence-corrected chi connectivity index (χ3v) is 4.87. The number of phenols is 1. The summed E-state index contributed by atoms with van der Waals surface area (Å²) >= 11 is 0. The molecule has 0 atom stereocenters. The van der Waals surface area contributed by atoms with Crippen molar-refractivity contribution in [1.29, 1.82) is 0 Å². The van der Waals surface area contributed by atoms with Crippen LogP contribution in [0.3, 0.4) is 0 Å². The van der Waals surface area contributed by atoms with Crippen molar-refractivity contribution in [2.24, 2.45) is 5.10 Å². The van der Waals surface area contributed by atoms with Gasteiger partial charge in [0.05, 0.1) is 27.5 Å². The van der Waals surface area contributed by atoms with Crippen LogP contribution in [-0.2, 0) is 4.79 Å². The van der Waals surface area contributed by atoms with Crippen molar-refractivity contribution < 1.29 is 28.9 Å². The molecule has 0 bridgehead atoms. The molecule has 0 radical (unpaired) electrons. The first-order valence-electron chi connectivity index (χ1n) is 10.5. The molecule has 0 unspecified atom stereocenters. The fourth-order valence-electron chi connectivity index (χ4n) is 3.08. The van der Waals surface area contributed by atoms with Gasteiger partial charge in [-0.1, -0.05) is 30.3 Å². The zero-order valence-corrected chi connectivity index (χ0v) is 19.4. The van der Waals surface area contributed by atoms with Gasteiger partial charge in [0, 0.05) is 11.1 Å². The van der Waals surface area contributed by atoms with E-state index in [0.29, 0.717) is 28.2 Å². The Balaban J connectivity index is 1.88. The summed E-state index contributed by atoms with van der Waals surface area (Å²) in [4.78, 5) is 25.7. The molecule has 35 heavy (non-hydrogen) atoms. The first-order valence-corrected chi connectivity index (χ1v) is 10.5. The average Bonchev–Trinajstić information content (AvgIpc) is 2.89. The van der Waals surface area contributed by atoms with Crippen LogP contribution in [0.1, 0.15) is 21.5 Å². The number of phenolic OH excluding ortho intramolecular Hbond substituents is 1. The SMILES string of the molecule is COc1ccc(/C=C(/NC(=O)c2ccccc2)C(=O)N/N=C/c2cccc(OC)c2O)cc1OC. The van der Waals surface area contributed by atoms with E-state index in [-0.39, 0.29) is 17.2 Å². The summed E-state index contributed by atoms with van der Waals surface area (Å²) in [6.07, 6.45) is 2.75. The molecule has 0 heterocycles. The lowest BCUT2D eigenvalue weighted by molar-refractivity contribution is -0.117. The van der Waals surface area contributed by atoms with Gasteiger partial charge in [-0.05, 0) is 48.0 Å². The van der Waals surface area contributed by atoms with Crippen molar-refractivity contribution in [2.75, 3.05) is 21.3 Å². The van der Waals surface area contributed by atoms with Crippen LogP contribution in [0.15, 0.2) is 77.5 Å². The van der Waals surface area contributed by atoms with Crippen LogP contribution < -0.4 is 25.0 Å². The standard InChI is InChI=1S/C26H25N3O6/c1-33-21-13-12-17(15-23(21)35-3)14-20(28-25(31)18-8-5-4-6-9-18)26(32)29-27-16-19-10-7-11-22(34-2)24(19)30/h4-16,30H,1-3H3,(H,28,31)(H,29,32)/b20-14+,27-16+. The Hall–Kier alpha value is -4.79. The fourth-order valence-corrected chi connectivity index (χ4v) is 3.08. The number of rotatable bonds is 9. The molecule has 3 rings (SSSR count). The molecule has 2 amide bonds. The number of aromatic hydroxyl groups is 1. The van der Waals surface area contributed by atoms with E-state index in [9.17, 15) is 14.7 Å². The lowest BCUT2D eigenvalue weighted by atomic mass is 10.1. The van der Waals surface area contributed by atoms with Crippen LogP contribution in [0.25, 0.3) is 6.08 Å². The second kappa shape index (κ2) is 11.9. The molecule has 180 valence electrons. The maximum absolute atomic E-state index is 12.9. The Morgan fingerprint density at radius 1 is 0.857 bits per heavy atom. The molecular weight excluding hydrogens is 450 g/mol. The number of hydrogen-bond acceptors (Lipinski definition) is 7. The molecule has 0 saturated carbocycles. The Bertz CT molecular complexity index is 1260. The predicted octanol–water partition coefficient (Wildman–Crippen LogP) is 3.34. The molecule has 0 aliphatic carbocycles. The van der Waals surface area contributed by atoms with Crippen LogP contribution in [0.2, 0.25) is 0 Å². The first kappa shape index (κ1) is 24.8. The monoisotopic (exact) mass is 475 g/mol. The van der Waals surface area contributed by atoms with Gasteiger partial charge in [0.1, 0.15) is 5.70 Å². The molecule has 0 fully saturated rings. The number of nitrogens with zero attached hydrogens (tertiary/aromatic N) is 1. The fraction of sp³-hybridized carbons (Fsp3) is 0.115. The highest BCUT2D eigenvalue weighted by Gasteiger charge is 2.15. The second-order valence-corrected chi connectivity index (χ2v) is 7.09. The van der Waals surface area contributed by atoms with Crippen LogP contribution >= 0.6 is 0 Å². The zero-order valence-electron chi connectivity index (χ0n) is 19.4. The Kier molecular flexibility index (Phi) is 8.44. The minimum absolute atomic E-state index is 0.0573. The van der Waals surface area contributed by atoms with Crippen LogP contribution in [-0.4, -0.2) is 44.5 Å². The quantitative estimate of drug-likeness (QED) is 0.248. The van der Waals surface area contributed by atoms with Crippen molar-refractivity contribution in [3.05, 3.63) is 89.1 Å². The maximum Gasteiger partial charge on any atom is 0.287 e. The highest BCUT2D eigenvalue weighted by atomic mass is 16.5. The molecular formula is C26H25N3O6. The van der Waals surface area contributed by atoms with Gasteiger partial charge in [-0.25, -0.2) is 5.43 Å². The van der Waals surface area contributed by atoms with E-state index in [1.807, 2.05) is 0 Å². The molecule has 0 aliphatic heterocycles. The third kappa shape index (κ3) is 6.38. The van der Waals surface area contributed by atoms with Gasteiger partial charge >= 0.3 is 0 Å². The Morgan fingerprint density at radius 3 is 2.26 bits per heavy atom. The number of methoxy groups -OCH3 is 3. The summed E-state index contributed by atoms with van der Waals surface area (Å²) < 4.78 is 15.6. The van der Waals surface area contributed by atoms with E-state index in [2.05, 4.69) is 15.8 Å². The number of carbonyl (C=O) groups is 2. The summed E-state index contributed by atoms with van der Waals surface area (Å²) in [5.41, 5.74) is 3.60. The number of ether oxygens (including phenoxy) is 3. The van der Waals surface area contributed by atoms with E-state index in [1.165, 1.54) is 33.6 Å². The van der Waals surface area contributed by atoms with Crippen molar-refractivity contribution in [3.63, 3.8) is 0 Å². The summed E-state index contributed by atoms with van der Waals surface area (Å²) in [6, 6.07) is 18.4. The van der Waals surface area contributed by atoms with Gasteiger partial charge in [-0.2, -0.15) is 5.10 Å². The van der Waals surface area contributed by atoms with E-state index in [4.69, 9.17) is 14.2 Å². The van der Waals surface area contributed by atoms with E-state index in [0.717, 1.165) is 0 Å². The Labute approximate surface area is 202 Å². The van der Waals surface area contributed by atoms with E-state index in [1.54, 1.807) is 66.7 Å². The lowest BCUT2D eigenvalue weighted by Gasteiger charge is -2.11. The smallest absolute Gasteiger partial charge is 0.287 e. The van der Waals surface area contributed by atoms with E-state index < -0.39 is 11.8 Å². The van der Waals surface area contributed by atoms with Crippen molar-refractivity contribution in [1.82, 2.24) is 10.7 Å². The van der Waals surface area contributed by atoms with Gasteiger partial charge in [0.2, 0.25) is 0 Å². The Morgan fingerprint density at radius 2 is 1.57 bits per heavy atom. The number of hydrazone groups is 1. The average molecular weight is 476 g/mol.